The first kappa shape index (κ1) is 13.9. The van der Waals surface area contributed by atoms with E-state index in [4.69, 9.17) is 5.73 Å². The molecule has 2 aromatic rings. The number of hydrogen-bond acceptors (Lipinski definition) is 3. The molecule has 0 aliphatic rings. The van der Waals surface area contributed by atoms with Gasteiger partial charge in [-0.1, -0.05) is 12.1 Å². The Hall–Kier alpha value is -2.56. The van der Waals surface area contributed by atoms with Crippen molar-refractivity contribution in [3.05, 3.63) is 63.6 Å². The third-order valence-electron chi connectivity index (χ3n) is 3.01. The molecule has 0 spiro atoms. The number of nitrogens with two attached hydrogens (primary N) is 1. The summed E-state index contributed by atoms with van der Waals surface area (Å²) in [5, 5.41) is 0. The summed E-state index contributed by atoms with van der Waals surface area (Å²) < 4.78 is 0. The number of nitrogens with one attached hydrogen (secondary N) is 1. The second-order valence-corrected chi connectivity index (χ2v) is 4.80. The zero-order valence-corrected chi connectivity index (χ0v) is 11.5. The highest BCUT2D eigenvalue weighted by Gasteiger charge is 2.15. The Kier molecular flexibility index (Phi) is 3.89. The van der Waals surface area contributed by atoms with Gasteiger partial charge in [0.2, 0.25) is 0 Å². The number of nitrogens with zero attached hydrogens (tertiary/aromatic N) is 1. The molecule has 5 nitrogen and oxygen atoms in total. The lowest BCUT2D eigenvalue weighted by molar-refractivity contribution is 0.0783. The molecule has 0 atom stereocenters. The van der Waals surface area contributed by atoms with E-state index in [2.05, 4.69) is 4.98 Å². The molecule has 0 bridgehead atoms. The molecule has 5 heteroatoms. The van der Waals surface area contributed by atoms with Gasteiger partial charge < -0.3 is 15.6 Å². The number of rotatable bonds is 3. The number of H-pyrrole nitrogens is 1. The van der Waals surface area contributed by atoms with E-state index < -0.39 is 0 Å². The van der Waals surface area contributed by atoms with Gasteiger partial charge >= 0.3 is 0 Å². The van der Waals surface area contributed by atoms with Gasteiger partial charge in [-0.2, -0.15) is 0 Å². The summed E-state index contributed by atoms with van der Waals surface area (Å²) in [6, 6.07) is 8.74. The van der Waals surface area contributed by atoms with E-state index in [0.717, 1.165) is 11.3 Å². The molecule has 2 rings (SSSR count). The number of hydrogen-bond donors (Lipinski definition) is 2. The number of pyridine rings is 1. The van der Waals surface area contributed by atoms with Crippen molar-refractivity contribution in [2.75, 3.05) is 12.8 Å². The minimum atomic E-state index is -0.311. The second kappa shape index (κ2) is 5.61. The van der Waals surface area contributed by atoms with E-state index in [1.54, 1.807) is 20.0 Å². The molecule has 104 valence electrons. The number of benzene rings is 1. The van der Waals surface area contributed by atoms with Crippen LogP contribution in [-0.4, -0.2) is 22.8 Å². The number of amides is 1. The fourth-order valence-electron chi connectivity index (χ4n) is 1.98. The van der Waals surface area contributed by atoms with E-state index in [9.17, 15) is 9.59 Å². The average Bonchev–Trinajstić information content (AvgIpc) is 2.38. The molecule has 0 radical (unpaired) electrons. The molecule has 0 unspecified atom stereocenters. The normalized spacial score (nSPS) is 10.3. The van der Waals surface area contributed by atoms with Crippen LogP contribution in [0.4, 0.5) is 5.69 Å². The number of nitrogen functional groups attached to an aromatic ring is 1. The molecule has 3 N–H and O–H groups in total. The molecule has 1 heterocycles. The number of carbonyl (C=O) groups excluding carboxylic acids is 1. The summed E-state index contributed by atoms with van der Waals surface area (Å²) in [7, 11) is 1.66. The van der Waals surface area contributed by atoms with Gasteiger partial charge in [0.25, 0.3) is 5.91 Å². The summed E-state index contributed by atoms with van der Waals surface area (Å²) in [6.45, 7) is 2.17. The Morgan fingerprint density at radius 1 is 1.35 bits per heavy atom. The SMILES string of the molecule is Cc1cc(=O)c(C(=O)N(C)Cc2cccc(N)c2)c[nH]1. The van der Waals surface area contributed by atoms with E-state index in [1.807, 2.05) is 18.2 Å². The Bertz CT molecular complexity index is 692. The summed E-state index contributed by atoms with van der Waals surface area (Å²) in [5.74, 6) is -0.311. The summed E-state index contributed by atoms with van der Waals surface area (Å²) >= 11 is 0. The van der Waals surface area contributed by atoms with E-state index in [0.29, 0.717) is 12.2 Å². The topological polar surface area (TPSA) is 79.2 Å². The van der Waals surface area contributed by atoms with Crippen molar-refractivity contribution in [3.63, 3.8) is 0 Å². The standard InChI is InChI=1S/C15H17N3O2/c1-10-6-14(19)13(8-17-10)15(20)18(2)9-11-4-3-5-12(16)7-11/h3-8H,9,16H2,1-2H3,(H,17,19). The molecule has 0 saturated carbocycles. The molecular formula is C15H17N3O2. The van der Waals surface area contributed by atoms with Crippen molar-refractivity contribution in [2.45, 2.75) is 13.5 Å². The highest BCUT2D eigenvalue weighted by Crippen LogP contribution is 2.10. The van der Waals surface area contributed by atoms with Crippen molar-refractivity contribution in [1.29, 1.82) is 0 Å². The lowest BCUT2D eigenvalue weighted by atomic mass is 10.1. The smallest absolute Gasteiger partial charge is 0.259 e. The van der Waals surface area contributed by atoms with Gasteiger partial charge in [-0.15, -0.1) is 0 Å². The number of aryl methyl sites for hydroxylation is 1. The largest absolute Gasteiger partial charge is 0.399 e. The Morgan fingerprint density at radius 2 is 2.10 bits per heavy atom. The maximum absolute atomic E-state index is 12.2. The van der Waals surface area contributed by atoms with Gasteiger partial charge in [0, 0.05) is 37.2 Å². The van der Waals surface area contributed by atoms with Crippen LogP contribution < -0.4 is 11.2 Å². The van der Waals surface area contributed by atoms with E-state index >= 15 is 0 Å². The highest BCUT2D eigenvalue weighted by atomic mass is 16.2. The van der Waals surface area contributed by atoms with E-state index in [-0.39, 0.29) is 16.9 Å². The molecule has 0 saturated heterocycles. The predicted molar refractivity (Wildman–Crippen MR) is 78.5 cm³/mol. The molecule has 1 aromatic carbocycles. The Labute approximate surface area is 117 Å². The van der Waals surface area contributed by atoms with Crippen LogP contribution in [0, 0.1) is 6.92 Å². The third kappa shape index (κ3) is 3.06. The zero-order chi connectivity index (χ0) is 14.7. The monoisotopic (exact) mass is 271 g/mol. The van der Waals surface area contributed by atoms with Crippen molar-refractivity contribution < 1.29 is 4.79 Å². The first-order chi connectivity index (χ1) is 9.47. The first-order valence-electron chi connectivity index (χ1n) is 6.26. The van der Waals surface area contributed by atoms with Gasteiger partial charge in [-0.3, -0.25) is 9.59 Å². The van der Waals surface area contributed by atoms with Gasteiger partial charge in [-0.05, 0) is 24.6 Å². The van der Waals surface area contributed by atoms with Gasteiger partial charge in [0.05, 0.1) is 0 Å². The van der Waals surface area contributed by atoms with Crippen LogP contribution in [0.25, 0.3) is 0 Å². The second-order valence-electron chi connectivity index (χ2n) is 4.80. The molecule has 1 aromatic heterocycles. The average molecular weight is 271 g/mol. The zero-order valence-electron chi connectivity index (χ0n) is 11.5. The molecule has 0 aliphatic carbocycles. The summed E-state index contributed by atoms with van der Waals surface area (Å²) in [5.41, 5.74) is 7.87. The number of aromatic amines is 1. The lowest BCUT2D eigenvalue weighted by Gasteiger charge is -2.17. The van der Waals surface area contributed by atoms with Gasteiger partial charge in [0.1, 0.15) is 5.56 Å². The van der Waals surface area contributed by atoms with Crippen LogP contribution in [0.1, 0.15) is 21.6 Å². The van der Waals surface area contributed by atoms with Crippen molar-refractivity contribution in [3.8, 4) is 0 Å². The maximum atomic E-state index is 12.2. The minimum Gasteiger partial charge on any atom is -0.399 e. The summed E-state index contributed by atoms with van der Waals surface area (Å²) in [4.78, 5) is 28.4. The van der Waals surface area contributed by atoms with Crippen LogP contribution in [0.2, 0.25) is 0 Å². The van der Waals surface area contributed by atoms with Crippen molar-refractivity contribution in [2.24, 2.45) is 0 Å². The molecule has 20 heavy (non-hydrogen) atoms. The van der Waals surface area contributed by atoms with Crippen molar-refractivity contribution >= 4 is 11.6 Å². The number of anilines is 1. The summed E-state index contributed by atoms with van der Waals surface area (Å²) in [6.07, 6.45) is 1.45. The van der Waals surface area contributed by atoms with Crippen molar-refractivity contribution in [1.82, 2.24) is 9.88 Å². The van der Waals surface area contributed by atoms with Crippen LogP contribution >= 0.6 is 0 Å². The lowest BCUT2D eigenvalue weighted by Crippen LogP contribution is -2.30. The van der Waals surface area contributed by atoms with Crippen LogP contribution in [0.3, 0.4) is 0 Å². The fourth-order valence-corrected chi connectivity index (χ4v) is 1.98. The number of carbonyl (C=O) groups is 1. The van der Waals surface area contributed by atoms with E-state index in [1.165, 1.54) is 17.2 Å². The fraction of sp³-hybridized carbons (Fsp3) is 0.200. The minimum absolute atomic E-state index is 0.141. The van der Waals surface area contributed by atoms with Crippen LogP contribution in [0.15, 0.2) is 41.3 Å². The van der Waals surface area contributed by atoms with Gasteiger partial charge in [0.15, 0.2) is 5.43 Å². The molecule has 1 amide bonds. The quantitative estimate of drug-likeness (QED) is 0.831. The molecular weight excluding hydrogens is 254 g/mol. The predicted octanol–water partition coefficient (Wildman–Crippen LogP) is 1.54. The molecule has 0 aliphatic heterocycles. The highest BCUT2D eigenvalue weighted by molar-refractivity contribution is 5.93. The molecule has 0 fully saturated rings. The third-order valence-corrected chi connectivity index (χ3v) is 3.01. The maximum Gasteiger partial charge on any atom is 0.259 e. The first-order valence-corrected chi connectivity index (χ1v) is 6.26. The number of aromatic nitrogens is 1. The Balaban J connectivity index is 2.18. The van der Waals surface area contributed by atoms with Crippen LogP contribution in [0.5, 0.6) is 0 Å². The van der Waals surface area contributed by atoms with Gasteiger partial charge in [-0.25, -0.2) is 0 Å². The van der Waals surface area contributed by atoms with Crippen LogP contribution in [-0.2, 0) is 6.54 Å². The Morgan fingerprint density at radius 3 is 2.75 bits per heavy atom.